The first-order valence-corrected chi connectivity index (χ1v) is 6.02. The van der Waals surface area contributed by atoms with Crippen LogP contribution in [0.15, 0.2) is 18.5 Å². The molecule has 1 amide bonds. The molecular weight excluding hydrogens is 216 g/mol. The predicted octanol–water partition coefficient (Wildman–Crippen LogP) is 0.761. The van der Waals surface area contributed by atoms with Crippen molar-refractivity contribution >= 4 is 5.91 Å². The Labute approximate surface area is 102 Å². The second-order valence-electron chi connectivity index (χ2n) is 4.87. The number of aromatic nitrogens is 2. The van der Waals surface area contributed by atoms with Crippen molar-refractivity contribution in [3.8, 4) is 0 Å². The normalized spacial score (nSPS) is 14.6. The van der Waals surface area contributed by atoms with Crippen molar-refractivity contribution < 1.29 is 4.79 Å². The van der Waals surface area contributed by atoms with E-state index in [4.69, 9.17) is 5.73 Å². The summed E-state index contributed by atoms with van der Waals surface area (Å²) in [6.45, 7) is 6.72. The molecule has 0 saturated heterocycles. The number of rotatable bonds is 6. The largest absolute Gasteiger partial charge is 0.350 e. The summed E-state index contributed by atoms with van der Waals surface area (Å²) < 4.78 is 1.79. The average molecular weight is 238 g/mol. The van der Waals surface area contributed by atoms with Crippen molar-refractivity contribution in [3.05, 3.63) is 18.5 Å². The molecule has 0 spiro atoms. The maximum atomic E-state index is 11.8. The number of nitrogens with one attached hydrogen (secondary N) is 1. The maximum Gasteiger partial charge on any atom is 0.237 e. The van der Waals surface area contributed by atoms with Crippen molar-refractivity contribution in [1.82, 2.24) is 15.1 Å². The highest BCUT2D eigenvalue weighted by Gasteiger charge is 2.16. The average Bonchev–Trinajstić information content (AvgIpc) is 2.68. The maximum absolute atomic E-state index is 11.8. The Morgan fingerprint density at radius 3 is 2.71 bits per heavy atom. The van der Waals surface area contributed by atoms with Gasteiger partial charge in [-0.05, 0) is 25.3 Å². The molecule has 0 aliphatic rings. The van der Waals surface area contributed by atoms with Gasteiger partial charge in [0.2, 0.25) is 5.91 Å². The molecule has 1 rings (SSSR count). The standard InChI is InChI=1S/C12H22N4O/c1-9(2)7-11(13)12(17)15-10(3)8-16-6-4-5-14-16/h4-6,9-11H,7-8,13H2,1-3H3,(H,15,17)/t10?,11-/m1/s1. The van der Waals surface area contributed by atoms with Gasteiger partial charge in [-0.15, -0.1) is 0 Å². The summed E-state index contributed by atoms with van der Waals surface area (Å²) in [5.74, 6) is 0.343. The minimum atomic E-state index is -0.421. The van der Waals surface area contributed by atoms with Crippen molar-refractivity contribution in [2.45, 2.75) is 45.8 Å². The highest BCUT2D eigenvalue weighted by Crippen LogP contribution is 2.03. The predicted molar refractivity (Wildman–Crippen MR) is 67.3 cm³/mol. The van der Waals surface area contributed by atoms with E-state index in [9.17, 15) is 4.79 Å². The molecule has 5 heteroatoms. The molecular formula is C12H22N4O. The van der Waals surface area contributed by atoms with Gasteiger partial charge in [-0.25, -0.2) is 0 Å². The molecule has 0 saturated carbocycles. The molecule has 0 aromatic carbocycles. The van der Waals surface area contributed by atoms with Crippen LogP contribution in [0.4, 0.5) is 0 Å². The van der Waals surface area contributed by atoms with Gasteiger partial charge in [0.25, 0.3) is 0 Å². The molecule has 2 atom stereocenters. The van der Waals surface area contributed by atoms with Crippen LogP contribution in [0.1, 0.15) is 27.2 Å². The Bertz CT molecular complexity index is 334. The van der Waals surface area contributed by atoms with Crippen LogP contribution >= 0.6 is 0 Å². The third-order valence-corrected chi connectivity index (χ3v) is 2.47. The van der Waals surface area contributed by atoms with Crippen LogP contribution in [0.2, 0.25) is 0 Å². The Morgan fingerprint density at radius 1 is 1.47 bits per heavy atom. The first kappa shape index (κ1) is 13.7. The van der Waals surface area contributed by atoms with E-state index >= 15 is 0 Å². The summed E-state index contributed by atoms with van der Waals surface area (Å²) in [5, 5.41) is 6.99. The Hall–Kier alpha value is -1.36. The Balaban J connectivity index is 2.35. The first-order valence-electron chi connectivity index (χ1n) is 6.02. The third kappa shape index (κ3) is 4.99. The molecule has 0 aliphatic carbocycles. The Kier molecular flexibility index (Phi) is 5.15. The molecule has 0 aliphatic heterocycles. The summed E-state index contributed by atoms with van der Waals surface area (Å²) in [4.78, 5) is 11.8. The fourth-order valence-electron chi connectivity index (χ4n) is 1.70. The lowest BCUT2D eigenvalue weighted by atomic mass is 10.0. The summed E-state index contributed by atoms with van der Waals surface area (Å²) in [5.41, 5.74) is 5.81. The zero-order chi connectivity index (χ0) is 12.8. The monoisotopic (exact) mass is 238 g/mol. The second kappa shape index (κ2) is 6.39. The Morgan fingerprint density at radius 2 is 2.18 bits per heavy atom. The lowest BCUT2D eigenvalue weighted by Crippen LogP contribution is -2.46. The van der Waals surface area contributed by atoms with Crippen LogP contribution in [0.3, 0.4) is 0 Å². The molecule has 1 aromatic heterocycles. The van der Waals surface area contributed by atoms with E-state index in [2.05, 4.69) is 24.3 Å². The van der Waals surface area contributed by atoms with E-state index < -0.39 is 6.04 Å². The molecule has 1 heterocycles. The number of hydrogen-bond acceptors (Lipinski definition) is 3. The van der Waals surface area contributed by atoms with Crippen molar-refractivity contribution in [3.63, 3.8) is 0 Å². The number of nitrogens with zero attached hydrogens (tertiary/aromatic N) is 2. The molecule has 17 heavy (non-hydrogen) atoms. The number of nitrogens with two attached hydrogens (primary N) is 1. The number of amides is 1. The summed E-state index contributed by atoms with van der Waals surface area (Å²) in [7, 11) is 0. The first-order chi connectivity index (χ1) is 7.99. The van der Waals surface area contributed by atoms with Gasteiger partial charge in [0.05, 0.1) is 12.6 Å². The van der Waals surface area contributed by atoms with Crippen LogP contribution < -0.4 is 11.1 Å². The summed E-state index contributed by atoms with van der Waals surface area (Å²) in [6, 6.07) is 1.47. The van der Waals surface area contributed by atoms with Gasteiger partial charge in [-0.3, -0.25) is 9.48 Å². The van der Waals surface area contributed by atoms with Crippen LogP contribution in [-0.4, -0.2) is 27.8 Å². The topological polar surface area (TPSA) is 72.9 Å². The highest BCUT2D eigenvalue weighted by atomic mass is 16.2. The van der Waals surface area contributed by atoms with Gasteiger partial charge in [0, 0.05) is 18.4 Å². The van der Waals surface area contributed by atoms with Gasteiger partial charge in [0.15, 0.2) is 0 Å². The fourth-order valence-corrected chi connectivity index (χ4v) is 1.70. The minimum absolute atomic E-state index is 0.0283. The summed E-state index contributed by atoms with van der Waals surface area (Å²) in [6.07, 6.45) is 4.30. The van der Waals surface area contributed by atoms with Crippen molar-refractivity contribution in [1.29, 1.82) is 0 Å². The lowest BCUT2D eigenvalue weighted by molar-refractivity contribution is -0.123. The van der Waals surface area contributed by atoms with Gasteiger partial charge in [0.1, 0.15) is 0 Å². The quantitative estimate of drug-likeness (QED) is 0.768. The molecule has 3 N–H and O–H groups in total. The van der Waals surface area contributed by atoms with Gasteiger partial charge in [-0.1, -0.05) is 13.8 Å². The highest BCUT2D eigenvalue weighted by molar-refractivity contribution is 5.81. The van der Waals surface area contributed by atoms with E-state index in [1.807, 2.05) is 19.2 Å². The number of carbonyl (C=O) groups excluding carboxylic acids is 1. The molecule has 96 valence electrons. The van der Waals surface area contributed by atoms with Crippen LogP contribution in [-0.2, 0) is 11.3 Å². The van der Waals surface area contributed by atoms with E-state index in [1.165, 1.54) is 0 Å². The number of hydrogen-bond donors (Lipinski definition) is 2. The van der Waals surface area contributed by atoms with E-state index in [0.29, 0.717) is 18.9 Å². The molecule has 1 aromatic rings. The van der Waals surface area contributed by atoms with Crippen LogP contribution in [0.5, 0.6) is 0 Å². The summed E-state index contributed by atoms with van der Waals surface area (Å²) >= 11 is 0. The van der Waals surface area contributed by atoms with E-state index in [-0.39, 0.29) is 11.9 Å². The second-order valence-corrected chi connectivity index (χ2v) is 4.87. The molecule has 0 bridgehead atoms. The zero-order valence-corrected chi connectivity index (χ0v) is 10.8. The fraction of sp³-hybridized carbons (Fsp3) is 0.667. The third-order valence-electron chi connectivity index (χ3n) is 2.47. The SMILES string of the molecule is CC(C)C[C@@H](N)C(=O)NC(C)Cn1cccn1. The lowest BCUT2D eigenvalue weighted by Gasteiger charge is -2.18. The van der Waals surface area contributed by atoms with Crippen molar-refractivity contribution in [2.24, 2.45) is 11.7 Å². The van der Waals surface area contributed by atoms with Crippen LogP contribution in [0, 0.1) is 5.92 Å². The minimum Gasteiger partial charge on any atom is -0.350 e. The molecule has 0 radical (unpaired) electrons. The van der Waals surface area contributed by atoms with E-state index in [1.54, 1.807) is 10.9 Å². The van der Waals surface area contributed by atoms with E-state index in [0.717, 1.165) is 0 Å². The molecule has 0 fully saturated rings. The van der Waals surface area contributed by atoms with Gasteiger partial charge < -0.3 is 11.1 Å². The van der Waals surface area contributed by atoms with Crippen molar-refractivity contribution in [2.75, 3.05) is 0 Å². The molecule has 1 unspecified atom stereocenters. The van der Waals surface area contributed by atoms with Gasteiger partial charge >= 0.3 is 0 Å². The van der Waals surface area contributed by atoms with Gasteiger partial charge in [-0.2, -0.15) is 5.10 Å². The molecule has 5 nitrogen and oxygen atoms in total. The smallest absolute Gasteiger partial charge is 0.237 e. The van der Waals surface area contributed by atoms with Crippen LogP contribution in [0.25, 0.3) is 0 Å². The number of carbonyl (C=O) groups is 1. The zero-order valence-electron chi connectivity index (χ0n) is 10.8.